The second kappa shape index (κ2) is 7.33. The zero-order chi connectivity index (χ0) is 13.5. The molecule has 0 radical (unpaired) electrons. The Morgan fingerprint density at radius 1 is 1.28 bits per heavy atom. The van der Waals surface area contributed by atoms with Crippen LogP contribution in [0.4, 0.5) is 0 Å². The Balaban J connectivity index is 2.30. The van der Waals surface area contributed by atoms with Crippen LogP contribution >= 0.6 is 0 Å². The van der Waals surface area contributed by atoms with Crippen molar-refractivity contribution in [2.24, 2.45) is 0 Å². The molecule has 18 heavy (non-hydrogen) atoms. The van der Waals surface area contributed by atoms with Gasteiger partial charge in [-0.25, -0.2) is 0 Å². The van der Waals surface area contributed by atoms with Crippen LogP contribution in [0.5, 0.6) is 0 Å². The van der Waals surface area contributed by atoms with Crippen molar-refractivity contribution in [1.29, 1.82) is 0 Å². The molecule has 1 aliphatic heterocycles. The predicted molar refractivity (Wildman–Crippen MR) is 68.4 cm³/mol. The predicted octanol–water partition coefficient (Wildman–Crippen LogP) is -0.397. The van der Waals surface area contributed by atoms with E-state index in [1.54, 1.807) is 6.92 Å². The summed E-state index contributed by atoms with van der Waals surface area (Å²) in [7, 11) is 0. The Bertz CT molecular complexity index is 288. The van der Waals surface area contributed by atoms with Crippen LogP contribution in [0.3, 0.4) is 0 Å². The minimum Gasteiger partial charge on any atom is -0.480 e. The van der Waals surface area contributed by atoms with Gasteiger partial charge >= 0.3 is 5.97 Å². The fourth-order valence-corrected chi connectivity index (χ4v) is 2.05. The average molecular weight is 257 g/mol. The quantitative estimate of drug-likeness (QED) is 0.634. The summed E-state index contributed by atoms with van der Waals surface area (Å²) in [6.07, 6.45) is 0.516. The molecule has 0 spiro atoms. The van der Waals surface area contributed by atoms with Crippen molar-refractivity contribution in [1.82, 2.24) is 15.1 Å². The van der Waals surface area contributed by atoms with E-state index in [1.165, 1.54) is 0 Å². The van der Waals surface area contributed by atoms with Gasteiger partial charge in [-0.15, -0.1) is 0 Å². The van der Waals surface area contributed by atoms with E-state index < -0.39 is 12.0 Å². The number of carboxylic acids is 1. The lowest BCUT2D eigenvalue weighted by molar-refractivity contribution is -0.144. The summed E-state index contributed by atoms with van der Waals surface area (Å²) in [5.41, 5.74) is 0. The minimum atomic E-state index is -0.804. The molecule has 1 atom stereocenters. The van der Waals surface area contributed by atoms with E-state index in [1.807, 2.05) is 16.7 Å². The summed E-state index contributed by atoms with van der Waals surface area (Å²) >= 11 is 0. The van der Waals surface area contributed by atoms with Crippen LogP contribution < -0.4 is 5.32 Å². The van der Waals surface area contributed by atoms with Gasteiger partial charge in [0.2, 0.25) is 5.91 Å². The highest BCUT2D eigenvalue weighted by atomic mass is 16.4. The van der Waals surface area contributed by atoms with E-state index in [2.05, 4.69) is 5.32 Å². The lowest BCUT2D eigenvalue weighted by Gasteiger charge is -2.36. The summed E-state index contributed by atoms with van der Waals surface area (Å²) in [6.45, 7) is 7.81. The maximum atomic E-state index is 11.8. The summed E-state index contributed by atoms with van der Waals surface area (Å²) in [5, 5.41) is 12.0. The number of carboxylic acid groups (broad SMARTS) is 1. The summed E-state index contributed by atoms with van der Waals surface area (Å²) in [4.78, 5) is 26.4. The van der Waals surface area contributed by atoms with E-state index in [0.717, 1.165) is 6.54 Å². The average Bonchev–Trinajstić information content (AvgIpc) is 2.38. The number of carbonyl (C=O) groups is 2. The normalized spacial score (nSPS) is 18.7. The SMILES string of the molecule is CCNCCC(=O)N1CCN(C(C)C(=O)O)CC1. The molecule has 1 aliphatic rings. The highest BCUT2D eigenvalue weighted by Crippen LogP contribution is 2.07. The molecule has 1 heterocycles. The highest BCUT2D eigenvalue weighted by molar-refractivity contribution is 5.76. The lowest BCUT2D eigenvalue weighted by Crippen LogP contribution is -2.53. The number of aliphatic carboxylic acids is 1. The van der Waals surface area contributed by atoms with Gasteiger partial charge in [0, 0.05) is 39.1 Å². The van der Waals surface area contributed by atoms with E-state index >= 15 is 0 Å². The lowest BCUT2D eigenvalue weighted by atomic mass is 10.2. The molecule has 0 aliphatic carbocycles. The van der Waals surface area contributed by atoms with Crippen molar-refractivity contribution < 1.29 is 14.7 Å². The number of piperazine rings is 1. The second-order valence-corrected chi connectivity index (χ2v) is 4.53. The largest absolute Gasteiger partial charge is 0.480 e. The summed E-state index contributed by atoms with van der Waals surface area (Å²) in [5.74, 6) is -0.652. The molecule has 1 fully saturated rings. The fourth-order valence-electron chi connectivity index (χ4n) is 2.05. The third-order valence-corrected chi connectivity index (χ3v) is 3.34. The van der Waals surface area contributed by atoms with Crippen LogP contribution in [0.2, 0.25) is 0 Å². The first-order valence-electron chi connectivity index (χ1n) is 6.51. The highest BCUT2D eigenvalue weighted by Gasteiger charge is 2.26. The monoisotopic (exact) mass is 257 g/mol. The molecule has 0 aromatic heterocycles. The molecule has 1 rings (SSSR count). The third-order valence-electron chi connectivity index (χ3n) is 3.34. The van der Waals surface area contributed by atoms with Crippen molar-refractivity contribution in [2.45, 2.75) is 26.3 Å². The Morgan fingerprint density at radius 3 is 2.39 bits per heavy atom. The topological polar surface area (TPSA) is 72.9 Å². The molecule has 0 aromatic carbocycles. The summed E-state index contributed by atoms with van der Waals surface area (Å²) < 4.78 is 0. The van der Waals surface area contributed by atoms with Crippen LogP contribution in [0.1, 0.15) is 20.3 Å². The van der Waals surface area contributed by atoms with Gasteiger partial charge in [-0.3, -0.25) is 14.5 Å². The number of amides is 1. The maximum absolute atomic E-state index is 11.8. The van der Waals surface area contributed by atoms with Crippen LogP contribution in [-0.2, 0) is 9.59 Å². The number of carbonyl (C=O) groups excluding carboxylic acids is 1. The van der Waals surface area contributed by atoms with Gasteiger partial charge in [-0.1, -0.05) is 6.92 Å². The van der Waals surface area contributed by atoms with E-state index in [-0.39, 0.29) is 5.91 Å². The Morgan fingerprint density at radius 2 is 1.89 bits per heavy atom. The van der Waals surface area contributed by atoms with Gasteiger partial charge in [0.1, 0.15) is 6.04 Å². The first kappa shape index (κ1) is 14.9. The second-order valence-electron chi connectivity index (χ2n) is 4.53. The molecule has 1 saturated heterocycles. The number of hydrogen-bond acceptors (Lipinski definition) is 4. The number of rotatable bonds is 6. The first-order chi connectivity index (χ1) is 8.56. The van der Waals surface area contributed by atoms with Crippen LogP contribution in [0.15, 0.2) is 0 Å². The van der Waals surface area contributed by atoms with Crippen molar-refractivity contribution in [3.05, 3.63) is 0 Å². The summed E-state index contributed by atoms with van der Waals surface area (Å²) in [6, 6.07) is -0.469. The van der Waals surface area contributed by atoms with Gasteiger partial charge in [0.05, 0.1) is 0 Å². The molecule has 0 aromatic rings. The third kappa shape index (κ3) is 4.27. The zero-order valence-corrected chi connectivity index (χ0v) is 11.2. The number of nitrogens with zero attached hydrogens (tertiary/aromatic N) is 2. The van der Waals surface area contributed by atoms with Crippen molar-refractivity contribution >= 4 is 11.9 Å². The maximum Gasteiger partial charge on any atom is 0.320 e. The molecule has 1 unspecified atom stereocenters. The molecular weight excluding hydrogens is 234 g/mol. The molecule has 0 saturated carbocycles. The molecule has 6 nitrogen and oxygen atoms in total. The molecule has 2 N–H and O–H groups in total. The smallest absolute Gasteiger partial charge is 0.320 e. The van der Waals surface area contributed by atoms with E-state index in [9.17, 15) is 9.59 Å². The van der Waals surface area contributed by atoms with Crippen molar-refractivity contribution in [3.8, 4) is 0 Å². The van der Waals surface area contributed by atoms with Gasteiger partial charge in [-0.05, 0) is 13.5 Å². The van der Waals surface area contributed by atoms with Crippen LogP contribution in [0.25, 0.3) is 0 Å². The van der Waals surface area contributed by atoms with Crippen molar-refractivity contribution in [2.75, 3.05) is 39.3 Å². The molecule has 6 heteroatoms. The van der Waals surface area contributed by atoms with E-state index in [0.29, 0.717) is 39.1 Å². The van der Waals surface area contributed by atoms with E-state index in [4.69, 9.17) is 5.11 Å². The fraction of sp³-hybridized carbons (Fsp3) is 0.833. The molecular formula is C12H23N3O3. The minimum absolute atomic E-state index is 0.151. The molecule has 1 amide bonds. The first-order valence-corrected chi connectivity index (χ1v) is 6.51. The number of hydrogen-bond donors (Lipinski definition) is 2. The van der Waals surface area contributed by atoms with Gasteiger partial charge in [-0.2, -0.15) is 0 Å². The van der Waals surface area contributed by atoms with Crippen LogP contribution in [0, 0.1) is 0 Å². The van der Waals surface area contributed by atoms with Gasteiger partial charge in [0.25, 0.3) is 0 Å². The van der Waals surface area contributed by atoms with Crippen molar-refractivity contribution in [3.63, 3.8) is 0 Å². The molecule has 104 valence electrons. The van der Waals surface area contributed by atoms with Gasteiger partial charge in [0.15, 0.2) is 0 Å². The Hall–Kier alpha value is -1.14. The molecule has 0 bridgehead atoms. The van der Waals surface area contributed by atoms with Gasteiger partial charge < -0.3 is 15.3 Å². The Labute approximate surface area is 108 Å². The zero-order valence-electron chi connectivity index (χ0n) is 11.2. The van der Waals surface area contributed by atoms with Crippen LogP contribution in [-0.4, -0.2) is 72.1 Å². The Kier molecular flexibility index (Phi) is 6.07. The number of nitrogens with one attached hydrogen (secondary N) is 1. The standard InChI is InChI=1S/C12H23N3O3/c1-3-13-5-4-11(16)15-8-6-14(7-9-15)10(2)12(17)18/h10,13H,3-9H2,1-2H3,(H,17,18).